The minimum Gasteiger partial charge on any atom is -0.389 e. The second-order valence-electron chi connectivity index (χ2n) is 7.17. The van der Waals surface area contributed by atoms with E-state index in [-0.39, 0.29) is 5.91 Å². The van der Waals surface area contributed by atoms with Crippen molar-refractivity contribution in [2.75, 3.05) is 13.1 Å². The van der Waals surface area contributed by atoms with Gasteiger partial charge in [-0.2, -0.15) is 5.10 Å². The predicted molar refractivity (Wildman–Crippen MR) is 107 cm³/mol. The van der Waals surface area contributed by atoms with Gasteiger partial charge in [0.1, 0.15) is 0 Å². The van der Waals surface area contributed by atoms with Crippen LogP contribution in [0.3, 0.4) is 0 Å². The first-order chi connectivity index (χ1) is 13.7. The van der Waals surface area contributed by atoms with Crippen LogP contribution in [-0.4, -0.2) is 40.0 Å². The van der Waals surface area contributed by atoms with E-state index in [0.29, 0.717) is 25.1 Å². The van der Waals surface area contributed by atoms with Crippen LogP contribution in [0.2, 0.25) is 0 Å². The van der Waals surface area contributed by atoms with Crippen LogP contribution in [0.1, 0.15) is 27.9 Å². The Labute approximate surface area is 164 Å². The average molecular weight is 376 g/mol. The highest BCUT2D eigenvalue weighted by Crippen LogP contribution is 2.31. The van der Waals surface area contributed by atoms with Crippen molar-refractivity contribution in [1.29, 1.82) is 0 Å². The first-order valence-corrected chi connectivity index (χ1v) is 9.50. The third-order valence-electron chi connectivity index (χ3n) is 5.32. The second kappa shape index (κ2) is 7.96. The van der Waals surface area contributed by atoms with Gasteiger partial charge in [-0.15, -0.1) is 0 Å². The highest BCUT2D eigenvalue weighted by atomic mass is 16.3. The van der Waals surface area contributed by atoms with Crippen molar-refractivity contribution in [3.05, 3.63) is 89.7 Å². The largest absolute Gasteiger partial charge is 0.389 e. The minimum absolute atomic E-state index is 0.188. The number of benzene rings is 2. The smallest absolute Gasteiger partial charge is 0.252 e. The lowest BCUT2D eigenvalue weighted by Crippen LogP contribution is -2.61. The summed E-state index contributed by atoms with van der Waals surface area (Å²) >= 11 is 0. The van der Waals surface area contributed by atoms with Crippen LogP contribution < -0.4 is 10.6 Å². The van der Waals surface area contributed by atoms with Gasteiger partial charge in [-0.05, 0) is 42.3 Å². The molecule has 6 nitrogen and oxygen atoms in total. The Bertz CT molecular complexity index is 927. The number of carbonyl (C=O) groups excluding carboxylic acids is 1. The summed E-state index contributed by atoms with van der Waals surface area (Å²) in [4.78, 5) is 13.1. The van der Waals surface area contributed by atoms with E-state index in [0.717, 1.165) is 17.7 Å². The van der Waals surface area contributed by atoms with Crippen molar-refractivity contribution in [2.45, 2.75) is 24.6 Å². The molecule has 0 spiro atoms. The van der Waals surface area contributed by atoms with Crippen LogP contribution in [0.25, 0.3) is 0 Å². The third-order valence-corrected chi connectivity index (χ3v) is 5.32. The Kier molecular flexibility index (Phi) is 5.23. The fourth-order valence-corrected chi connectivity index (χ4v) is 3.82. The normalized spacial score (nSPS) is 22.0. The molecule has 1 fully saturated rings. The van der Waals surface area contributed by atoms with Gasteiger partial charge in [0.25, 0.3) is 5.91 Å². The summed E-state index contributed by atoms with van der Waals surface area (Å²) in [6, 6.07) is 19.1. The molecule has 28 heavy (non-hydrogen) atoms. The van der Waals surface area contributed by atoms with Crippen LogP contribution in [-0.2, 0) is 12.1 Å². The Morgan fingerprint density at radius 1 is 1.21 bits per heavy atom. The van der Waals surface area contributed by atoms with Gasteiger partial charge >= 0.3 is 0 Å². The molecule has 0 aliphatic carbocycles. The maximum atomic E-state index is 13.1. The van der Waals surface area contributed by atoms with Crippen molar-refractivity contribution in [3.63, 3.8) is 0 Å². The zero-order valence-corrected chi connectivity index (χ0v) is 15.6. The maximum absolute atomic E-state index is 13.1. The van der Waals surface area contributed by atoms with Crippen molar-refractivity contribution < 1.29 is 9.90 Å². The number of piperidine rings is 1. The molecule has 1 amide bonds. The van der Waals surface area contributed by atoms with Gasteiger partial charge in [-0.25, -0.2) is 0 Å². The first kappa shape index (κ1) is 18.4. The molecule has 1 aromatic heterocycles. The van der Waals surface area contributed by atoms with Crippen molar-refractivity contribution >= 4 is 5.91 Å². The first-order valence-electron chi connectivity index (χ1n) is 9.50. The molecule has 3 N–H and O–H groups in total. The summed E-state index contributed by atoms with van der Waals surface area (Å²) in [5.41, 5.74) is 1.69. The SMILES string of the molecule is O=C(N[C@@]1(c2ccccc2)CCNC[C@H]1O)c1cccc(Cn2cccn2)c1. The van der Waals surface area contributed by atoms with Gasteiger partial charge in [0, 0.05) is 24.5 Å². The van der Waals surface area contributed by atoms with Gasteiger partial charge < -0.3 is 15.7 Å². The molecule has 0 saturated carbocycles. The van der Waals surface area contributed by atoms with E-state index in [1.165, 1.54) is 0 Å². The van der Waals surface area contributed by atoms with E-state index in [1.54, 1.807) is 12.3 Å². The molecule has 0 radical (unpaired) electrons. The molecule has 2 aromatic carbocycles. The molecule has 0 unspecified atom stereocenters. The monoisotopic (exact) mass is 376 g/mol. The molecule has 144 valence electrons. The number of carbonyl (C=O) groups is 1. The lowest BCUT2D eigenvalue weighted by Gasteiger charge is -2.43. The lowest BCUT2D eigenvalue weighted by molar-refractivity contribution is 0.0289. The number of amides is 1. The van der Waals surface area contributed by atoms with Crippen LogP contribution in [0.5, 0.6) is 0 Å². The zero-order valence-electron chi connectivity index (χ0n) is 15.6. The van der Waals surface area contributed by atoms with E-state index in [9.17, 15) is 9.90 Å². The number of rotatable bonds is 5. The Morgan fingerprint density at radius 2 is 2.07 bits per heavy atom. The molecule has 2 heterocycles. The summed E-state index contributed by atoms with van der Waals surface area (Å²) in [5.74, 6) is -0.188. The highest BCUT2D eigenvalue weighted by Gasteiger charge is 2.42. The van der Waals surface area contributed by atoms with E-state index < -0.39 is 11.6 Å². The van der Waals surface area contributed by atoms with Crippen molar-refractivity contribution in [3.8, 4) is 0 Å². The van der Waals surface area contributed by atoms with Gasteiger partial charge in [0.05, 0.1) is 18.2 Å². The number of β-amino-alcohol motifs (C(OH)–C–C–N with tert-alkyl or cyclic N) is 1. The molecule has 1 aliphatic rings. The van der Waals surface area contributed by atoms with Crippen LogP contribution in [0.4, 0.5) is 0 Å². The van der Waals surface area contributed by atoms with Gasteiger partial charge in [0.15, 0.2) is 0 Å². The highest BCUT2D eigenvalue weighted by molar-refractivity contribution is 5.95. The molecule has 0 bridgehead atoms. The van der Waals surface area contributed by atoms with Gasteiger partial charge in [-0.3, -0.25) is 9.48 Å². The Hall–Kier alpha value is -2.96. The summed E-state index contributed by atoms with van der Waals surface area (Å²) in [7, 11) is 0. The molecule has 1 saturated heterocycles. The van der Waals surface area contributed by atoms with Crippen molar-refractivity contribution in [1.82, 2.24) is 20.4 Å². The van der Waals surface area contributed by atoms with Crippen LogP contribution in [0, 0.1) is 0 Å². The molecule has 6 heteroatoms. The van der Waals surface area contributed by atoms with Gasteiger partial charge in [0.2, 0.25) is 0 Å². The summed E-state index contributed by atoms with van der Waals surface area (Å²) < 4.78 is 1.82. The number of nitrogens with one attached hydrogen (secondary N) is 2. The quantitative estimate of drug-likeness (QED) is 0.636. The number of aromatic nitrogens is 2. The predicted octanol–water partition coefficient (Wildman–Crippen LogP) is 1.91. The molecular formula is C22H24N4O2. The summed E-state index contributed by atoms with van der Waals surface area (Å²) in [6.07, 6.45) is 3.54. The molecule has 3 aromatic rings. The number of aliphatic hydroxyl groups is 1. The number of hydrogen-bond donors (Lipinski definition) is 3. The molecular weight excluding hydrogens is 352 g/mol. The minimum atomic E-state index is -0.804. The fraction of sp³-hybridized carbons (Fsp3) is 0.273. The summed E-state index contributed by atoms with van der Waals surface area (Å²) in [6.45, 7) is 1.77. The van der Waals surface area contributed by atoms with Crippen molar-refractivity contribution in [2.24, 2.45) is 0 Å². The van der Waals surface area contributed by atoms with Crippen LogP contribution >= 0.6 is 0 Å². The van der Waals surface area contributed by atoms with E-state index in [1.807, 2.05) is 65.5 Å². The number of hydrogen-bond acceptors (Lipinski definition) is 4. The molecule has 2 atom stereocenters. The van der Waals surface area contributed by atoms with Gasteiger partial charge in [-0.1, -0.05) is 42.5 Å². The zero-order chi connectivity index (χ0) is 19.4. The third kappa shape index (κ3) is 3.69. The molecule has 4 rings (SSSR count). The van der Waals surface area contributed by atoms with E-state index >= 15 is 0 Å². The molecule has 1 aliphatic heterocycles. The average Bonchev–Trinajstić information content (AvgIpc) is 3.23. The topological polar surface area (TPSA) is 79.2 Å². The Morgan fingerprint density at radius 3 is 2.82 bits per heavy atom. The summed E-state index contributed by atoms with van der Waals surface area (Å²) in [5, 5.41) is 21.4. The van der Waals surface area contributed by atoms with Crippen LogP contribution in [0.15, 0.2) is 73.1 Å². The maximum Gasteiger partial charge on any atom is 0.252 e. The van der Waals surface area contributed by atoms with E-state index in [4.69, 9.17) is 0 Å². The second-order valence-corrected chi connectivity index (χ2v) is 7.17. The number of aliphatic hydroxyl groups excluding tert-OH is 1. The number of nitrogens with zero attached hydrogens (tertiary/aromatic N) is 2. The fourth-order valence-electron chi connectivity index (χ4n) is 3.82. The van der Waals surface area contributed by atoms with E-state index in [2.05, 4.69) is 15.7 Å². The standard InChI is InChI=1S/C22H24N4O2/c27-20-15-23-12-10-22(20,19-8-2-1-3-9-19)25-21(28)18-7-4-6-17(14-18)16-26-13-5-11-24-26/h1-9,11,13-14,20,23,27H,10,12,15-16H2,(H,25,28)/t20-,22-/m1/s1. The Balaban J connectivity index is 1.60. The lowest BCUT2D eigenvalue weighted by atomic mass is 9.79.